The largest absolute Gasteiger partial charge is 0.373 e. The van der Waals surface area contributed by atoms with Gasteiger partial charge in [0.15, 0.2) is 5.78 Å². The summed E-state index contributed by atoms with van der Waals surface area (Å²) in [7, 11) is 1.59. The van der Waals surface area contributed by atoms with Crippen LogP contribution in [0.1, 0.15) is 34.1 Å². The van der Waals surface area contributed by atoms with Crippen LogP contribution in [-0.2, 0) is 19.0 Å². The highest BCUT2D eigenvalue weighted by Gasteiger charge is 2.72. The minimum atomic E-state index is -0.474. The van der Waals surface area contributed by atoms with Gasteiger partial charge in [0.25, 0.3) is 0 Å². The average Bonchev–Trinajstić information content (AvgIpc) is 3.30. The Morgan fingerprint density at radius 2 is 2.19 bits per heavy atom. The summed E-state index contributed by atoms with van der Waals surface area (Å²) in [5.74, 6) is -0.0399. The van der Waals surface area contributed by atoms with E-state index in [1.807, 2.05) is 6.92 Å². The molecule has 4 heteroatoms. The van der Waals surface area contributed by atoms with E-state index in [-0.39, 0.29) is 29.0 Å². The van der Waals surface area contributed by atoms with Crippen LogP contribution in [0.15, 0.2) is 23.3 Å². The molecule has 3 aliphatic rings. The van der Waals surface area contributed by atoms with Crippen molar-refractivity contribution in [1.29, 1.82) is 0 Å². The molecule has 0 N–H and O–H groups in total. The highest BCUT2D eigenvalue weighted by atomic mass is 16.6. The molecule has 116 valence electrons. The zero-order chi connectivity index (χ0) is 15.4. The molecular weight excluding hydrogens is 268 g/mol. The van der Waals surface area contributed by atoms with E-state index in [4.69, 9.17) is 14.2 Å². The molecule has 2 saturated heterocycles. The average molecular weight is 292 g/mol. The molecule has 0 saturated carbocycles. The first-order chi connectivity index (χ1) is 9.85. The molecule has 0 aromatic carbocycles. The summed E-state index contributed by atoms with van der Waals surface area (Å²) in [4.78, 5) is 12.3. The minimum absolute atomic E-state index is 0.0267. The minimum Gasteiger partial charge on any atom is -0.373 e. The lowest BCUT2D eigenvalue weighted by atomic mass is 9.69. The topological polar surface area (TPSA) is 51.4 Å². The standard InChI is InChI=1S/C17H24O4/c1-10(2)6-7-13-16(4,21-13)15-14(19-5)12(18)8-11(3)17(15)9-20-17/h6,8,13-15H,7,9H2,1-5H3/t13-,14-,15-,16+,17-/m1/s1. The Morgan fingerprint density at radius 3 is 2.71 bits per heavy atom. The molecule has 2 aliphatic heterocycles. The SMILES string of the molecule is CO[C@@H]1C(=O)C=C(C)[C@]2(CO2)[C@H]1[C@@]1(C)O[C@@H]1CC=C(C)C. The second-order valence-electron chi connectivity index (χ2n) is 6.85. The Kier molecular flexibility index (Phi) is 3.39. The van der Waals surface area contributed by atoms with Crippen LogP contribution in [0, 0.1) is 5.92 Å². The van der Waals surface area contributed by atoms with Crippen LogP contribution in [0.5, 0.6) is 0 Å². The van der Waals surface area contributed by atoms with Crippen LogP contribution in [0.3, 0.4) is 0 Å². The van der Waals surface area contributed by atoms with Crippen LogP contribution in [0.25, 0.3) is 0 Å². The second kappa shape index (κ2) is 4.77. The van der Waals surface area contributed by atoms with Gasteiger partial charge in [0, 0.05) is 7.11 Å². The molecule has 0 amide bonds. The Hall–Kier alpha value is -0.970. The lowest BCUT2D eigenvalue weighted by Gasteiger charge is -2.36. The number of ketones is 1. The molecule has 3 rings (SSSR count). The van der Waals surface area contributed by atoms with Crippen molar-refractivity contribution < 1.29 is 19.0 Å². The number of hydrogen-bond donors (Lipinski definition) is 0. The monoisotopic (exact) mass is 292 g/mol. The first kappa shape index (κ1) is 14.9. The number of hydrogen-bond acceptors (Lipinski definition) is 4. The third-order valence-electron chi connectivity index (χ3n) is 5.16. The van der Waals surface area contributed by atoms with Crippen LogP contribution >= 0.6 is 0 Å². The number of epoxide rings is 2. The summed E-state index contributed by atoms with van der Waals surface area (Å²) < 4.78 is 17.3. The lowest BCUT2D eigenvalue weighted by molar-refractivity contribution is -0.132. The van der Waals surface area contributed by atoms with Crippen molar-refractivity contribution in [2.24, 2.45) is 5.92 Å². The fourth-order valence-electron chi connectivity index (χ4n) is 3.74. The van der Waals surface area contributed by atoms with Crippen LogP contribution in [0.4, 0.5) is 0 Å². The third-order valence-corrected chi connectivity index (χ3v) is 5.16. The van der Waals surface area contributed by atoms with E-state index in [0.717, 1.165) is 12.0 Å². The molecule has 1 aliphatic carbocycles. The summed E-state index contributed by atoms with van der Waals surface area (Å²) in [5.41, 5.74) is 1.57. The lowest BCUT2D eigenvalue weighted by Crippen LogP contribution is -2.52. The molecule has 4 nitrogen and oxygen atoms in total. The number of carbonyl (C=O) groups is 1. The van der Waals surface area contributed by atoms with E-state index >= 15 is 0 Å². The molecule has 0 radical (unpaired) electrons. The van der Waals surface area contributed by atoms with E-state index in [9.17, 15) is 4.79 Å². The quantitative estimate of drug-likeness (QED) is 0.590. The fourth-order valence-corrected chi connectivity index (χ4v) is 3.74. The number of carbonyl (C=O) groups excluding carboxylic acids is 1. The van der Waals surface area contributed by atoms with Gasteiger partial charge in [-0.15, -0.1) is 0 Å². The van der Waals surface area contributed by atoms with Crippen LogP contribution in [0.2, 0.25) is 0 Å². The van der Waals surface area contributed by atoms with E-state index in [2.05, 4.69) is 26.8 Å². The first-order valence-electron chi connectivity index (χ1n) is 7.55. The summed E-state index contributed by atoms with van der Waals surface area (Å²) in [6, 6.07) is 0. The Labute approximate surface area is 126 Å². The van der Waals surface area contributed by atoms with Gasteiger partial charge in [-0.25, -0.2) is 0 Å². The maximum Gasteiger partial charge on any atom is 0.184 e. The predicted octanol–water partition coefficient (Wildman–Crippen LogP) is 2.43. The fraction of sp³-hybridized carbons (Fsp3) is 0.706. The third kappa shape index (κ3) is 2.20. The van der Waals surface area contributed by atoms with Gasteiger partial charge in [0.05, 0.1) is 18.6 Å². The van der Waals surface area contributed by atoms with Crippen LogP contribution < -0.4 is 0 Å². The zero-order valence-electron chi connectivity index (χ0n) is 13.4. The van der Waals surface area contributed by atoms with Gasteiger partial charge >= 0.3 is 0 Å². The van der Waals surface area contributed by atoms with E-state index in [1.165, 1.54) is 5.57 Å². The molecule has 0 unspecified atom stereocenters. The maximum absolute atomic E-state index is 12.3. The number of rotatable bonds is 4. The Balaban J connectivity index is 1.88. The summed E-state index contributed by atoms with van der Waals surface area (Å²) in [6.07, 6.45) is 4.39. The smallest absolute Gasteiger partial charge is 0.184 e. The van der Waals surface area contributed by atoms with E-state index < -0.39 is 6.10 Å². The number of methoxy groups -OCH3 is 1. The van der Waals surface area contributed by atoms with Crippen molar-refractivity contribution in [3.8, 4) is 0 Å². The zero-order valence-corrected chi connectivity index (χ0v) is 13.4. The summed E-state index contributed by atoms with van der Waals surface area (Å²) in [6.45, 7) is 8.88. The Bertz CT molecular complexity index is 525. The predicted molar refractivity (Wildman–Crippen MR) is 79.1 cm³/mol. The van der Waals surface area contributed by atoms with Crippen molar-refractivity contribution in [2.45, 2.75) is 57.5 Å². The first-order valence-corrected chi connectivity index (χ1v) is 7.55. The van der Waals surface area contributed by atoms with Gasteiger partial charge in [0.2, 0.25) is 0 Å². The molecule has 0 aromatic rings. The van der Waals surface area contributed by atoms with Gasteiger partial charge < -0.3 is 14.2 Å². The van der Waals surface area contributed by atoms with Gasteiger partial charge in [-0.3, -0.25) is 4.79 Å². The number of allylic oxidation sites excluding steroid dienone is 1. The molecular formula is C17H24O4. The molecule has 5 atom stereocenters. The summed E-state index contributed by atoms with van der Waals surface area (Å²) >= 11 is 0. The normalized spacial score (nSPS) is 44.5. The molecule has 0 aromatic heterocycles. The maximum atomic E-state index is 12.3. The molecule has 21 heavy (non-hydrogen) atoms. The molecule has 2 heterocycles. The van der Waals surface area contributed by atoms with Gasteiger partial charge in [-0.2, -0.15) is 0 Å². The highest BCUT2D eigenvalue weighted by Crippen LogP contribution is 2.59. The highest BCUT2D eigenvalue weighted by molar-refractivity contribution is 5.96. The number of ether oxygens (including phenoxy) is 3. The molecule has 2 fully saturated rings. The van der Waals surface area contributed by atoms with E-state index in [0.29, 0.717) is 6.61 Å². The summed E-state index contributed by atoms with van der Waals surface area (Å²) in [5, 5.41) is 0. The van der Waals surface area contributed by atoms with Crippen molar-refractivity contribution >= 4 is 5.78 Å². The van der Waals surface area contributed by atoms with Gasteiger partial charge in [0.1, 0.15) is 17.3 Å². The van der Waals surface area contributed by atoms with Gasteiger partial charge in [-0.05, 0) is 45.8 Å². The van der Waals surface area contributed by atoms with Crippen LogP contribution in [-0.4, -0.2) is 42.9 Å². The van der Waals surface area contributed by atoms with Crippen molar-refractivity contribution in [2.75, 3.05) is 13.7 Å². The van der Waals surface area contributed by atoms with Crippen molar-refractivity contribution in [3.63, 3.8) is 0 Å². The molecule has 0 bridgehead atoms. The molecule has 1 spiro atoms. The Morgan fingerprint density at radius 1 is 1.52 bits per heavy atom. The van der Waals surface area contributed by atoms with Crippen molar-refractivity contribution in [1.82, 2.24) is 0 Å². The van der Waals surface area contributed by atoms with Crippen molar-refractivity contribution in [3.05, 3.63) is 23.3 Å². The van der Waals surface area contributed by atoms with Gasteiger partial charge in [-0.1, -0.05) is 11.6 Å². The second-order valence-corrected chi connectivity index (χ2v) is 6.85. The van der Waals surface area contributed by atoms with E-state index in [1.54, 1.807) is 13.2 Å².